The number of fused-ring (bicyclic) bond motifs is 1. The van der Waals surface area contributed by atoms with Gasteiger partial charge in [0.25, 0.3) is 5.91 Å². The molecular weight excluding hydrogens is 302 g/mol. The third-order valence-electron chi connectivity index (χ3n) is 3.99. The Morgan fingerprint density at radius 2 is 2.04 bits per heavy atom. The van der Waals surface area contributed by atoms with E-state index in [1.165, 1.54) is 5.56 Å². The van der Waals surface area contributed by atoms with Gasteiger partial charge < -0.3 is 14.8 Å². The lowest BCUT2D eigenvalue weighted by atomic mass is 9.96. The van der Waals surface area contributed by atoms with E-state index in [9.17, 15) is 4.79 Å². The van der Waals surface area contributed by atoms with Crippen LogP contribution in [0.25, 0.3) is 0 Å². The molecule has 1 amide bonds. The van der Waals surface area contributed by atoms with Crippen LogP contribution in [0.4, 0.5) is 0 Å². The summed E-state index contributed by atoms with van der Waals surface area (Å²) >= 11 is 0. The molecular formula is C20H21NO3. The summed E-state index contributed by atoms with van der Waals surface area (Å²) in [6.45, 7) is 5.29. The normalized spacial score (nSPS) is 15.8. The first kappa shape index (κ1) is 16.1. The Morgan fingerprint density at radius 3 is 2.83 bits per heavy atom. The molecule has 124 valence electrons. The van der Waals surface area contributed by atoms with Gasteiger partial charge in [-0.1, -0.05) is 30.9 Å². The minimum absolute atomic E-state index is 0.0795. The second-order valence-corrected chi connectivity index (χ2v) is 5.82. The molecule has 4 nitrogen and oxygen atoms in total. The quantitative estimate of drug-likeness (QED) is 0.830. The Morgan fingerprint density at radius 1 is 1.25 bits per heavy atom. The Balaban J connectivity index is 1.51. The molecule has 0 fully saturated rings. The number of nitrogens with one attached hydrogen (secondary N) is 1. The van der Waals surface area contributed by atoms with Crippen LogP contribution in [0.1, 0.15) is 15.9 Å². The van der Waals surface area contributed by atoms with Gasteiger partial charge in [0.2, 0.25) is 0 Å². The Kier molecular flexibility index (Phi) is 5.16. The first-order valence-electron chi connectivity index (χ1n) is 8.09. The average molecular weight is 323 g/mol. The highest BCUT2D eigenvalue weighted by Crippen LogP contribution is 2.26. The van der Waals surface area contributed by atoms with Gasteiger partial charge in [-0.25, -0.2) is 0 Å². The van der Waals surface area contributed by atoms with Crippen molar-refractivity contribution < 1.29 is 14.3 Å². The molecule has 0 spiro atoms. The van der Waals surface area contributed by atoms with E-state index in [0.29, 0.717) is 31.2 Å². The van der Waals surface area contributed by atoms with Crippen molar-refractivity contribution in [3.05, 3.63) is 72.3 Å². The van der Waals surface area contributed by atoms with Crippen molar-refractivity contribution in [2.24, 2.45) is 5.92 Å². The van der Waals surface area contributed by atoms with E-state index in [1.807, 2.05) is 18.2 Å². The van der Waals surface area contributed by atoms with Crippen molar-refractivity contribution in [3.8, 4) is 11.5 Å². The number of carbonyl (C=O) groups excluding carboxylic acids is 1. The Hall–Kier alpha value is -2.75. The van der Waals surface area contributed by atoms with Gasteiger partial charge in [0, 0.05) is 18.0 Å². The third kappa shape index (κ3) is 3.96. The van der Waals surface area contributed by atoms with Crippen molar-refractivity contribution in [1.82, 2.24) is 5.32 Å². The zero-order valence-electron chi connectivity index (χ0n) is 13.5. The molecule has 24 heavy (non-hydrogen) atoms. The summed E-state index contributed by atoms with van der Waals surface area (Å²) in [5, 5.41) is 2.99. The Labute approximate surface area is 142 Å². The van der Waals surface area contributed by atoms with Gasteiger partial charge in [-0.15, -0.1) is 0 Å². The van der Waals surface area contributed by atoms with Crippen molar-refractivity contribution in [2.45, 2.75) is 6.42 Å². The summed E-state index contributed by atoms with van der Waals surface area (Å²) in [5.74, 6) is 1.89. The smallest absolute Gasteiger partial charge is 0.251 e. The maximum atomic E-state index is 12.2. The molecule has 3 rings (SSSR count). The SMILES string of the molecule is C=CCOc1ccc(C(=O)NCC2COc3ccccc3C2)cc1. The fourth-order valence-corrected chi connectivity index (χ4v) is 2.72. The van der Waals surface area contributed by atoms with Crippen LogP contribution >= 0.6 is 0 Å². The average Bonchev–Trinajstić information content (AvgIpc) is 2.64. The van der Waals surface area contributed by atoms with Gasteiger partial charge in [0.1, 0.15) is 18.1 Å². The predicted octanol–water partition coefficient (Wildman–Crippen LogP) is 3.23. The van der Waals surface area contributed by atoms with E-state index in [2.05, 4.69) is 18.0 Å². The van der Waals surface area contributed by atoms with Crippen LogP contribution in [-0.4, -0.2) is 25.7 Å². The fraction of sp³-hybridized carbons (Fsp3) is 0.250. The maximum absolute atomic E-state index is 12.2. The number of carbonyl (C=O) groups is 1. The summed E-state index contributed by atoms with van der Waals surface area (Å²) in [4.78, 5) is 12.2. The summed E-state index contributed by atoms with van der Waals surface area (Å²) < 4.78 is 11.2. The minimum Gasteiger partial charge on any atom is -0.493 e. The lowest BCUT2D eigenvalue weighted by Crippen LogP contribution is -2.34. The molecule has 0 bridgehead atoms. The predicted molar refractivity (Wildman–Crippen MR) is 93.6 cm³/mol. The highest BCUT2D eigenvalue weighted by molar-refractivity contribution is 5.94. The topological polar surface area (TPSA) is 47.6 Å². The number of para-hydroxylation sites is 1. The highest BCUT2D eigenvalue weighted by atomic mass is 16.5. The van der Waals surface area contributed by atoms with Crippen LogP contribution in [0.5, 0.6) is 11.5 Å². The summed E-state index contributed by atoms with van der Waals surface area (Å²) in [6.07, 6.45) is 2.61. The zero-order valence-corrected chi connectivity index (χ0v) is 13.5. The largest absolute Gasteiger partial charge is 0.493 e. The lowest BCUT2D eigenvalue weighted by Gasteiger charge is -2.25. The monoisotopic (exact) mass is 323 g/mol. The fourth-order valence-electron chi connectivity index (χ4n) is 2.72. The van der Waals surface area contributed by atoms with Crippen molar-refractivity contribution >= 4 is 5.91 Å². The molecule has 1 unspecified atom stereocenters. The molecule has 0 aliphatic carbocycles. The molecule has 1 N–H and O–H groups in total. The van der Waals surface area contributed by atoms with Crippen molar-refractivity contribution in [3.63, 3.8) is 0 Å². The summed E-state index contributed by atoms with van der Waals surface area (Å²) in [5.41, 5.74) is 1.82. The van der Waals surface area contributed by atoms with E-state index < -0.39 is 0 Å². The van der Waals surface area contributed by atoms with Gasteiger partial charge >= 0.3 is 0 Å². The number of hydrogen-bond acceptors (Lipinski definition) is 3. The molecule has 0 saturated heterocycles. The number of amides is 1. The standard InChI is InChI=1S/C20H21NO3/c1-2-11-23-18-9-7-16(8-10-18)20(22)21-13-15-12-17-5-3-4-6-19(17)24-14-15/h2-10,15H,1,11-14H2,(H,21,22). The molecule has 0 saturated carbocycles. The van der Waals surface area contributed by atoms with Gasteiger partial charge in [-0.05, 0) is 42.3 Å². The molecule has 1 atom stereocenters. The second kappa shape index (κ2) is 7.68. The maximum Gasteiger partial charge on any atom is 0.251 e. The number of rotatable bonds is 6. The van der Waals surface area contributed by atoms with Gasteiger partial charge in [0.15, 0.2) is 0 Å². The molecule has 2 aromatic carbocycles. The van der Waals surface area contributed by atoms with Crippen LogP contribution in [-0.2, 0) is 6.42 Å². The molecule has 4 heteroatoms. The lowest BCUT2D eigenvalue weighted by molar-refractivity contribution is 0.0939. The molecule has 1 aliphatic heterocycles. The molecule has 2 aromatic rings. The molecule has 1 heterocycles. The van der Waals surface area contributed by atoms with Gasteiger partial charge in [0.05, 0.1) is 6.61 Å². The first-order chi connectivity index (χ1) is 11.8. The molecule has 0 radical (unpaired) electrons. The van der Waals surface area contributed by atoms with Crippen LogP contribution in [0, 0.1) is 5.92 Å². The van der Waals surface area contributed by atoms with Crippen LogP contribution in [0.3, 0.4) is 0 Å². The Bertz CT molecular complexity index is 709. The van der Waals surface area contributed by atoms with Crippen LogP contribution in [0.15, 0.2) is 61.2 Å². The number of hydrogen-bond donors (Lipinski definition) is 1. The third-order valence-corrected chi connectivity index (χ3v) is 3.99. The highest BCUT2D eigenvalue weighted by Gasteiger charge is 2.20. The van der Waals surface area contributed by atoms with Crippen molar-refractivity contribution in [1.29, 1.82) is 0 Å². The van der Waals surface area contributed by atoms with E-state index in [4.69, 9.17) is 9.47 Å². The van der Waals surface area contributed by atoms with E-state index in [-0.39, 0.29) is 5.91 Å². The van der Waals surface area contributed by atoms with Crippen LogP contribution in [0.2, 0.25) is 0 Å². The van der Waals surface area contributed by atoms with E-state index in [0.717, 1.165) is 17.9 Å². The van der Waals surface area contributed by atoms with E-state index >= 15 is 0 Å². The summed E-state index contributed by atoms with van der Waals surface area (Å²) in [6, 6.07) is 15.2. The first-order valence-corrected chi connectivity index (χ1v) is 8.09. The molecule has 1 aliphatic rings. The van der Waals surface area contributed by atoms with Crippen LogP contribution < -0.4 is 14.8 Å². The van der Waals surface area contributed by atoms with Crippen molar-refractivity contribution in [2.75, 3.05) is 19.8 Å². The van der Waals surface area contributed by atoms with Gasteiger partial charge in [-0.3, -0.25) is 4.79 Å². The second-order valence-electron chi connectivity index (χ2n) is 5.82. The van der Waals surface area contributed by atoms with E-state index in [1.54, 1.807) is 30.3 Å². The minimum atomic E-state index is -0.0795. The summed E-state index contributed by atoms with van der Waals surface area (Å²) in [7, 11) is 0. The van der Waals surface area contributed by atoms with Gasteiger partial charge in [-0.2, -0.15) is 0 Å². The zero-order chi connectivity index (χ0) is 16.8. The number of ether oxygens (including phenoxy) is 2. The number of benzene rings is 2. The molecule has 0 aromatic heterocycles.